The van der Waals surface area contributed by atoms with Crippen LogP contribution in [-0.4, -0.2) is 20.7 Å². The van der Waals surface area contributed by atoms with Crippen molar-refractivity contribution in [2.45, 2.75) is 33.1 Å². The van der Waals surface area contributed by atoms with E-state index in [1.165, 1.54) is 4.88 Å². The maximum absolute atomic E-state index is 12.0. The molecule has 24 heavy (non-hydrogen) atoms. The van der Waals surface area contributed by atoms with E-state index in [9.17, 15) is 4.79 Å². The van der Waals surface area contributed by atoms with Crippen LogP contribution in [0.25, 0.3) is 5.82 Å². The summed E-state index contributed by atoms with van der Waals surface area (Å²) in [6.07, 6.45) is 3.98. The number of anilines is 1. The molecule has 3 rings (SSSR count). The summed E-state index contributed by atoms with van der Waals surface area (Å²) in [6, 6.07) is 9.86. The molecule has 0 saturated carbocycles. The number of carbonyl (C=O) groups excluding carboxylic acids is 1. The van der Waals surface area contributed by atoms with Crippen molar-refractivity contribution < 1.29 is 4.79 Å². The molecular weight excluding hydrogens is 320 g/mol. The van der Waals surface area contributed by atoms with Crippen LogP contribution in [-0.2, 0) is 11.2 Å². The lowest BCUT2D eigenvalue weighted by molar-refractivity contribution is -0.116. The van der Waals surface area contributed by atoms with Gasteiger partial charge in [-0.1, -0.05) is 6.07 Å². The Morgan fingerprint density at radius 1 is 1.29 bits per heavy atom. The molecule has 0 aromatic carbocycles. The number of rotatable bonds is 6. The van der Waals surface area contributed by atoms with Gasteiger partial charge in [0.05, 0.1) is 17.6 Å². The summed E-state index contributed by atoms with van der Waals surface area (Å²) in [5, 5.41) is 9.36. The summed E-state index contributed by atoms with van der Waals surface area (Å²) in [6.45, 7) is 3.94. The van der Waals surface area contributed by atoms with Crippen LogP contribution in [0.5, 0.6) is 0 Å². The molecule has 0 aliphatic heterocycles. The summed E-state index contributed by atoms with van der Waals surface area (Å²) in [5.41, 5.74) is 2.70. The second-order valence-corrected chi connectivity index (χ2v) is 6.76. The van der Waals surface area contributed by atoms with Gasteiger partial charge >= 0.3 is 0 Å². The summed E-state index contributed by atoms with van der Waals surface area (Å²) in [4.78, 5) is 17.7. The highest BCUT2D eigenvalue weighted by molar-refractivity contribution is 7.09. The second kappa shape index (κ2) is 7.40. The third-order valence-electron chi connectivity index (χ3n) is 3.67. The zero-order chi connectivity index (χ0) is 16.9. The Morgan fingerprint density at radius 2 is 2.17 bits per heavy atom. The fourth-order valence-corrected chi connectivity index (χ4v) is 3.30. The number of nitrogens with zero attached hydrogens (tertiary/aromatic N) is 3. The topological polar surface area (TPSA) is 59.8 Å². The van der Waals surface area contributed by atoms with Crippen molar-refractivity contribution in [3.05, 3.63) is 58.2 Å². The molecule has 0 aliphatic carbocycles. The first-order chi connectivity index (χ1) is 11.6. The first kappa shape index (κ1) is 16.4. The van der Waals surface area contributed by atoms with Crippen molar-refractivity contribution in [1.82, 2.24) is 14.8 Å². The standard InChI is InChI=1S/C18H20N4OS/c1-13-11-14(2)22(21-13)17-9-8-15(12-19-17)20-18(23)7-3-5-16-6-4-10-24-16/h4,6,8-12H,3,5,7H2,1-2H3,(H,20,23). The smallest absolute Gasteiger partial charge is 0.224 e. The van der Waals surface area contributed by atoms with Gasteiger partial charge in [0.2, 0.25) is 5.91 Å². The largest absolute Gasteiger partial charge is 0.325 e. The molecule has 1 amide bonds. The summed E-state index contributed by atoms with van der Waals surface area (Å²) in [7, 11) is 0. The first-order valence-electron chi connectivity index (χ1n) is 7.94. The van der Waals surface area contributed by atoms with Crippen LogP contribution in [0.15, 0.2) is 41.9 Å². The van der Waals surface area contributed by atoms with Crippen LogP contribution in [0.2, 0.25) is 0 Å². The van der Waals surface area contributed by atoms with Crippen molar-refractivity contribution >= 4 is 22.9 Å². The summed E-state index contributed by atoms with van der Waals surface area (Å²) >= 11 is 1.73. The van der Waals surface area contributed by atoms with E-state index in [-0.39, 0.29) is 5.91 Å². The van der Waals surface area contributed by atoms with Gasteiger partial charge in [0, 0.05) is 17.0 Å². The average molecular weight is 340 g/mol. The van der Waals surface area contributed by atoms with Crippen LogP contribution in [0.1, 0.15) is 29.1 Å². The van der Waals surface area contributed by atoms with Crippen molar-refractivity contribution in [2.75, 3.05) is 5.32 Å². The molecule has 6 heteroatoms. The first-order valence-corrected chi connectivity index (χ1v) is 8.82. The van der Waals surface area contributed by atoms with Gasteiger partial charge in [-0.2, -0.15) is 5.10 Å². The lowest BCUT2D eigenvalue weighted by atomic mass is 10.2. The number of hydrogen-bond acceptors (Lipinski definition) is 4. The number of aromatic nitrogens is 3. The molecule has 0 aliphatic rings. The molecule has 3 aromatic heterocycles. The zero-order valence-electron chi connectivity index (χ0n) is 13.8. The molecule has 0 unspecified atom stereocenters. The summed E-state index contributed by atoms with van der Waals surface area (Å²) in [5.74, 6) is 0.767. The highest BCUT2D eigenvalue weighted by atomic mass is 32.1. The molecule has 0 atom stereocenters. The molecular formula is C18H20N4OS. The minimum absolute atomic E-state index is 0.0206. The number of nitrogens with one attached hydrogen (secondary N) is 1. The second-order valence-electron chi connectivity index (χ2n) is 5.73. The van der Waals surface area contributed by atoms with Gasteiger partial charge in [-0.15, -0.1) is 11.3 Å². The Morgan fingerprint density at radius 3 is 2.79 bits per heavy atom. The van der Waals surface area contributed by atoms with E-state index in [1.54, 1.807) is 22.2 Å². The van der Waals surface area contributed by atoms with Gasteiger partial charge in [0.15, 0.2) is 5.82 Å². The molecule has 3 heterocycles. The molecule has 1 N–H and O–H groups in total. The van der Waals surface area contributed by atoms with Crippen LogP contribution in [0.3, 0.4) is 0 Å². The van der Waals surface area contributed by atoms with E-state index in [1.807, 2.05) is 38.1 Å². The Bertz CT molecular complexity index is 806. The molecule has 0 spiro atoms. The van der Waals surface area contributed by atoms with E-state index < -0.39 is 0 Å². The molecule has 0 saturated heterocycles. The SMILES string of the molecule is Cc1cc(C)n(-c2ccc(NC(=O)CCCc3cccs3)cn2)n1. The average Bonchev–Trinajstić information content (AvgIpc) is 3.18. The van der Waals surface area contributed by atoms with Gasteiger partial charge < -0.3 is 5.32 Å². The number of hydrogen-bond donors (Lipinski definition) is 1. The van der Waals surface area contributed by atoms with Crippen molar-refractivity contribution in [3.8, 4) is 5.82 Å². The predicted molar refractivity (Wildman–Crippen MR) is 96.7 cm³/mol. The number of pyridine rings is 1. The molecule has 0 fully saturated rings. The van der Waals surface area contributed by atoms with E-state index >= 15 is 0 Å². The van der Waals surface area contributed by atoms with E-state index in [0.29, 0.717) is 12.1 Å². The van der Waals surface area contributed by atoms with Crippen molar-refractivity contribution in [3.63, 3.8) is 0 Å². The Hall–Kier alpha value is -2.47. The minimum Gasteiger partial charge on any atom is -0.325 e. The van der Waals surface area contributed by atoms with Gasteiger partial charge in [-0.25, -0.2) is 9.67 Å². The van der Waals surface area contributed by atoms with Gasteiger partial charge in [0.25, 0.3) is 0 Å². The normalized spacial score (nSPS) is 10.8. The van der Waals surface area contributed by atoms with Crippen LogP contribution in [0, 0.1) is 13.8 Å². The van der Waals surface area contributed by atoms with Gasteiger partial charge in [0.1, 0.15) is 0 Å². The van der Waals surface area contributed by atoms with Gasteiger partial charge in [-0.05, 0) is 56.3 Å². The fraction of sp³-hybridized carbons (Fsp3) is 0.278. The van der Waals surface area contributed by atoms with Gasteiger partial charge in [-0.3, -0.25) is 4.79 Å². The molecule has 0 bridgehead atoms. The predicted octanol–water partition coefficient (Wildman–Crippen LogP) is 3.91. The molecule has 3 aromatic rings. The summed E-state index contributed by atoms with van der Waals surface area (Å²) < 4.78 is 1.79. The third-order valence-corrected chi connectivity index (χ3v) is 4.60. The maximum atomic E-state index is 12.0. The number of amides is 1. The molecule has 124 valence electrons. The highest BCUT2D eigenvalue weighted by Crippen LogP contribution is 2.14. The monoisotopic (exact) mass is 340 g/mol. The van der Waals surface area contributed by atoms with Crippen LogP contribution < -0.4 is 5.32 Å². The minimum atomic E-state index is 0.0206. The number of carbonyl (C=O) groups is 1. The van der Waals surface area contributed by atoms with E-state index in [4.69, 9.17) is 0 Å². The van der Waals surface area contributed by atoms with Crippen molar-refractivity contribution in [2.24, 2.45) is 0 Å². The highest BCUT2D eigenvalue weighted by Gasteiger charge is 2.07. The maximum Gasteiger partial charge on any atom is 0.224 e. The quantitative estimate of drug-likeness (QED) is 0.740. The Kier molecular flexibility index (Phi) is 5.05. The fourth-order valence-electron chi connectivity index (χ4n) is 2.55. The third kappa shape index (κ3) is 4.08. The van der Waals surface area contributed by atoms with Crippen LogP contribution in [0.4, 0.5) is 5.69 Å². The Labute approximate surface area is 145 Å². The number of aryl methyl sites for hydroxylation is 3. The van der Waals surface area contributed by atoms with Crippen LogP contribution >= 0.6 is 11.3 Å². The number of thiophene rings is 1. The lowest BCUT2D eigenvalue weighted by Crippen LogP contribution is -2.12. The molecule has 5 nitrogen and oxygen atoms in total. The van der Waals surface area contributed by atoms with Crippen molar-refractivity contribution in [1.29, 1.82) is 0 Å². The van der Waals surface area contributed by atoms with E-state index in [0.717, 1.165) is 30.0 Å². The zero-order valence-corrected chi connectivity index (χ0v) is 14.6. The Balaban J connectivity index is 1.54. The lowest BCUT2D eigenvalue weighted by Gasteiger charge is -2.07. The van der Waals surface area contributed by atoms with E-state index in [2.05, 4.69) is 26.8 Å². The molecule has 0 radical (unpaired) electrons.